The van der Waals surface area contributed by atoms with Gasteiger partial charge in [0.1, 0.15) is 11.9 Å². The normalized spacial score (nSPS) is 10.8. The summed E-state index contributed by atoms with van der Waals surface area (Å²) >= 11 is 0. The van der Waals surface area contributed by atoms with Gasteiger partial charge in [0.2, 0.25) is 5.91 Å². The van der Waals surface area contributed by atoms with Crippen LogP contribution < -0.4 is 10.6 Å². The van der Waals surface area contributed by atoms with E-state index in [4.69, 9.17) is 5.26 Å². The Labute approximate surface area is 106 Å². The first-order chi connectivity index (χ1) is 8.31. The second kappa shape index (κ2) is 5.61. The third-order valence-corrected chi connectivity index (χ3v) is 2.16. The lowest BCUT2D eigenvalue weighted by atomic mass is 10.1. The van der Waals surface area contributed by atoms with E-state index < -0.39 is 5.82 Å². The minimum atomic E-state index is -0.502. The molecule has 1 aromatic rings. The molecule has 0 bridgehead atoms. The number of nitrogens with one attached hydrogen (secondary N) is 2. The molecule has 0 atom stereocenters. The zero-order chi connectivity index (χ0) is 13.8. The minimum Gasteiger partial charge on any atom is -0.324 e. The molecule has 1 aromatic carbocycles. The van der Waals surface area contributed by atoms with Crippen LogP contribution in [0.1, 0.15) is 26.3 Å². The molecular formula is C13H16FN3O. The highest BCUT2D eigenvalue weighted by Gasteiger charge is 2.12. The van der Waals surface area contributed by atoms with E-state index in [1.54, 1.807) is 0 Å². The highest BCUT2D eigenvalue weighted by atomic mass is 19.1. The molecule has 5 heteroatoms. The monoisotopic (exact) mass is 249 g/mol. The van der Waals surface area contributed by atoms with E-state index in [0.29, 0.717) is 5.69 Å². The summed E-state index contributed by atoms with van der Waals surface area (Å²) in [5, 5.41) is 14.4. The molecule has 0 radical (unpaired) electrons. The Morgan fingerprint density at radius 2 is 2.11 bits per heavy atom. The van der Waals surface area contributed by atoms with Crippen molar-refractivity contribution in [2.24, 2.45) is 0 Å². The van der Waals surface area contributed by atoms with Crippen molar-refractivity contribution in [3.05, 3.63) is 29.6 Å². The molecule has 0 aliphatic rings. The molecule has 0 aliphatic carbocycles. The first kappa shape index (κ1) is 14.1. The van der Waals surface area contributed by atoms with Crippen molar-refractivity contribution in [3.8, 4) is 6.07 Å². The first-order valence-electron chi connectivity index (χ1n) is 5.56. The quantitative estimate of drug-likeness (QED) is 0.861. The Bertz CT molecular complexity index is 486. The number of hydrogen-bond donors (Lipinski definition) is 2. The number of carbonyl (C=O) groups is 1. The second-order valence-corrected chi connectivity index (χ2v) is 4.95. The Morgan fingerprint density at radius 1 is 1.44 bits per heavy atom. The van der Waals surface area contributed by atoms with Gasteiger partial charge in [-0.1, -0.05) is 0 Å². The molecule has 18 heavy (non-hydrogen) atoms. The van der Waals surface area contributed by atoms with Crippen LogP contribution in [0.25, 0.3) is 0 Å². The van der Waals surface area contributed by atoms with E-state index in [1.807, 2.05) is 26.8 Å². The summed E-state index contributed by atoms with van der Waals surface area (Å²) in [6.45, 7) is 5.96. The summed E-state index contributed by atoms with van der Waals surface area (Å²) in [4.78, 5) is 11.6. The van der Waals surface area contributed by atoms with Crippen LogP contribution in [0.2, 0.25) is 0 Å². The molecule has 4 nitrogen and oxygen atoms in total. The number of nitriles is 1. The number of rotatable bonds is 3. The molecule has 1 amide bonds. The van der Waals surface area contributed by atoms with E-state index in [0.717, 1.165) is 6.07 Å². The topological polar surface area (TPSA) is 64.9 Å². The Balaban J connectivity index is 2.68. The van der Waals surface area contributed by atoms with E-state index in [9.17, 15) is 9.18 Å². The van der Waals surface area contributed by atoms with Crippen LogP contribution in [-0.4, -0.2) is 18.0 Å². The predicted molar refractivity (Wildman–Crippen MR) is 67.5 cm³/mol. The number of halogens is 1. The number of anilines is 1. The summed E-state index contributed by atoms with van der Waals surface area (Å²) < 4.78 is 12.9. The number of carbonyl (C=O) groups excluding carboxylic acids is 1. The summed E-state index contributed by atoms with van der Waals surface area (Å²) in [5.41, 5.74) is 0.261. The molecule has 0 saturated heterocycles. The molecule has 0 fully saturated rings. The molecule has 2 N–H and O–H groups in total. The van der Waals surface area contributed by atoms with Gasteiger partial charge in [-0.3, -0.25) is 4.79 Å². The predicted octanol–water partition coefficient (Wildman–Crippen LogP) is 2.02. The van der Waals surface area contributed by atoms with E-state index in [1.165, 1.54) is 12.1 Å². The number of nitrogens with zero attached hydrogens (tertiary/aromatic N) is 1. The standard InChI is InChI=1S/C13H16FN3O/c1-13(2,3)16-8-12(18)17-11-5-4-10(14)6-9(11)7-15/h4-6,16H,8H2,1-3H3,(H,17,18). The van der Waals surface area contributed by atoms with Crippen molar-refractivity contribution in [2.75, 3.05) is 11.9 Å². The maximum absolute atomic E-state index is 12.9. The van der Waals surface area contributed by atoms with Crippen molar-refractivity contribution in [1.29, 1.82) is 5.26 Å². The van der Waals surface area contributed by atoms with Gasteiger partial charge in [-0.15, -0.1) is 0 Å². The minimum absolute atomic E-state index is 0.110. The van der Waals surface area contributed by atoms with Gasteiger partial charge >= 0.3 is 0 Å². The van der Waals surface area contributed by atoms with Gasteiger partial charge in [-0.05, 0) is 39.0 Å². The summed E-state index contributed by atoms with van der Waals surface area (Å²) in [7, 11) is 0. The van der Waals surface area contributed by atoms with Gasteiger partial charge in [0, 0.05) is 5.54 Å². The summed E-state index contributed by atoms with van der Waals surface area (Å²) in [6.07, 6.45) is 0. The third-order valence-electron chi connectivity index (χ3n) is 2.16. The van der Waals surface area contributed by atoms with Gasteiger partial charge in [0.05, 0.1) is 17.8 Å². The third kappa shape index (κ3) is 4.52. The first-order valence-corrected chi connectivity index (χ1v) is 5.56. The number of hydrogen-bond acceptors (Lipinski definition) is 3. The average molecular weight is 249 g/mol. The Morgan fingerprint density at radius 3 is 2.67 bits per heavy atom. The second-order valence-electron chi connectivity index (χ2n) is 4.95. The van der Waals surface area contributed by atoms with Crippen LogP contribution in [0.3, 0.4) is 0 Å². The van der Waals surface area contributed by atoms with Gasteiger partial charge < -0.3 is 10.6 Å². The molecule has 0 spiro atoms. The molecule has 0 aliphatic heterocycles. The fourth-order valence-electron chi connectivity index (χ4n) is 1.26. The van der Waals surface area contributed by atoms with Crippen molar-refractivity contribution in [1.82, 2.24) is 5.32 Å². The largest absolute Gasteiger partial charge is 0.324 e. The van der Waals surface area contributed by atoms with Crippen molar-refractivity contribution in [3.63, 3.8) is 0 Å². The highest BCUT2D eigenvalue weighted by Crippen LogP contribution is 2.15. The van der Waals surface area contributed by atoms with Crippen molar-refractivity contribution in [2.45, 2.75) is 26.3 Å². The highest BCUT2D eigenvalue weighted by molar-refractivity contribution is 5.93. The van der Waals surface area contributed by atoms with Crippen molar-refractivity contribution >= 4 is 11.6 Å². The molecular weight excluding hydrogens is 233 g/mol. The molecule has 0 heterocycles. The van der Waals surface area contributed by atoms with Crippen LogP contribution in [0.15, 0.2) is 18.2 Å². The van der Waals surface area contributed by atoms with E-state index in [2.05, 4.69) is 10.6 Å². The maximum Gasteiger partial charge on any atom is 0.238 e. The molecule has 0 saturated carbocycles. The zero-order valence-electron chi connectivity index (χ0n) is 10.7. The van der Waals surface area contributed by atoms with Crippen LogP contribution >= 0.6 is 0 Å². The van der Waals surface area contributed by atoms with Gasteiger partial charge in [-0.2, -0.15) is 5.26 Å². The molecule has 96 valence electrons. The van der Waals surface area contributed by atoms with Crippen LogP contribution in [0.4, 0.5) is 10.1 Å². The van der Waals surface area contributed by atoms with Crippen LogP contribution in [-0.2, 0) is 4.79 Å². The van der Waals surface area contributed by atoms with E-state index in [-0.39, 0.29) is 23.6 Å². The fraction of sp³-hybridized carbons (Fsp3) is 0.385. The van der Waals surface area contributed by atoms with Crippen LogP contribution in [0.5, 0.6) is 0 Å². The van der Waals surface area contributed by atoms with Gasteiger partial charge in [0.25, 0.3) is 0 Å². The summed E-state index contributed by atoms with van der Waals surface area (Å²) in [6, 6.07) is 5.51. The van der Waals surface area contributed by atoms with Crippen LogP contribution in [0, 0.1) is 17.1 Å². The summed E-state index contributed by atoms with van der Waals surface area (Å²) in [5.74, 6) is -0.773. The fourth-order valence-corrected chi connectivity index (χ4v) is 1.26. The van der Waals surface area contributed by atoms with Crippen molar-refractivity contribution < 1.29 is 9.18 Å². The smallest absolute Gasteiger partial charge is 0.238 e. The SMILES string of the molecule is CC(C)(C)NCC(=O)Nc1ccc(F)cc1C#N. The Hall–Kier alpha value is -1.93. The maximum atomic E-state index is 12.9. The number of benzene rings is 1. The van der Waals surface area contributed by atoms with E-state index >= 15 is 0 Å². The lowest BCUT2D eigenvalue weighted by Crippen LogP contribution is -2.41. The lowest BCUT2D eigenvalue weighted by molar-refractivity contribution is -0.115. The number of amides is 1. The lowest BCUT2D eigenvalue weighted by Gasteiger charge is -2.20. The molecule has 0 aromatic heterocycles. The Kier molecular flexibility index (Phi) is 4.40. The molecule has 1 rings (SSSR count). The van der Waals surface area contributed by atoms with Gasteiger partial charge in [0.15, 0.2) is 0 Å². The molecule has 0 unspecified atom stereocenters. The zero-order valence-corrected chi connectivity index (χ0v) is 10.7. The average Bonchev–Trinajstić information content (AvgIpc) is 2.28. The van der Waals surface area contributed by atoms with Gasteiger partial charge in [-0.25, -0.2) is 4.39 Å².